The second-order valence-corrected chi connectivity index (χ2v) is 14.7. The second kappa shape index (κ2) is 11.2. The summed E-state index contributed by atoms with van der Waals surface area (Å²) in [7, 11) is -1.59. The molecular weight excluding hydrogens is 588 g/mol. The van der Waals surface area contributed by atoms with Gasteiger partial charge in [-0.2, -0.15) is 14.9 Å². The minimum absolute atomic E-state index is 0.180. The summed E-state index contributed by atoms with van der Waals surface area (Å²) in [6.45, 7) is 5.84. The molecule has 2 amide bonds. The van der Waals surface area contributed by atoms with Gasteiger partial charge in [-0.3, -0.25) is 4.90 Å². The molecule has 2 aliphatic carbocycles. The quantitative estimate of drug-likeness (QED) is 0.296. The Morgan fingerprint density at radius 1 is 1.25 bits per heavy atom. The first-order chi connectivity index (χ1) is 20.6. The molecule has 2 saturated carbocycles. The third-order valence-electron chi connectivity index (χ3n) is 7.28. The van der Waals surface area contributed by atoms with E-state index in [4.69, 9.17) is 4.74 Å². The molecule has 0 spiro atoms. The molecule has 2 fully saturated rings. The highest BCUT2D eigenvalue weighted by atomic mass is 32.2. The van der Waals surface area contributed by atoms with Gasteiger partial charge in [0.2, 0.25) is 0 Å². The zero-order valence-electron chi connectivity index (χ0n) is 25.3. The van der Waals surface area contributed by atoms with E-state index in [1.807, 2.05) is 18.0 Å². The van der Waals surface area contributed by atoms with Gasteiger partial charge in [0.25, 0.3) is 0 Å². The summed E-state index contributed by atoms with van der Waals surface area (Å²) in [6.07, 6.45) is 3.81. The molecule has 14 nitrogen and oxygen atoms in total. The van der Waals surface area contributed by atoms with E-state index in [-0.39, 0.29) is 34.6 Å². The molecule has 15 heteroatoms. The minimum Gasteiger partial charge on any atom is -0.465 e. The number of anilines is 4. The zero-order valence-corrected chi connectivity index (χ0v) is 26.1. The summed E-state index contributed by atoms with van der Waals surface area (Å²) >= 11 is 0. The Labute approximate surface area is 255 Å². The van der Waals surface area contributed by atoms with Crippen molar-refractivity contribution < 1.29 is 27.9 Å². The lowest BCUT2D eigenvalue weighted by atomic mass is 10.1. The van der Waals surface area contributed by atoms with Gasteiger partial charge < -0.3 is 25.4 Å². The van der Waals surface area contributed by atoms with Gasteiger partial charge in [0.05, 0.1) is 17.5 Å². The van der Waals surface area contributed by atoms with Gasteiger partial charge in [0.15, 0.2) is 15.5 Å². The van der Waals surface area contributed by atoms with Crippen LogP contribution in [0.5, 0.6) is 0 Å². The van der Waals surface area contributed by atoms with Gasteiger partial charge in [0, 0.05) is 43.3 Å². The molecule has 0 radical (unpaired) electrons. The van der Waals surface area contributed by atoms with E-state index in [2.05, 4.69) is 20.7 Å². The standard InChI is InChI=1S/C29H36N8O6S/c1-28(2,3)43-26(38)34-29(10-11-29)17-35(4)22-9-6-20(12-18(22)16-44(5,41)42)32-23-13-24(36(27(39)40)21-7-8-21)37-25(33-23)19(14-30)15-31-37/h6,9,12-13,15,21H,7-8,10-11,16-17H2,1-5H3,(H,32,33)(H,34,38)(H,39,40). The number of benzene rings is 1. The highest BCUT2D eigenvalue weighted by Gasteiger charge is 2.46. The number of carbonyl (C=O) groups excluding carboxylic acids is 1. The van der Waals surface area contributed by atoms with E-state index >= 15 is 0 Å². The van der Waals surface area contributed by atoms with Crippen LogP contribution in [0.15, 0.2) is 30.5 Å². The molecule has 3 aromatic rings. The fraction of sp³-hybridized carbons (Fsp3) is 0.483. The van der Waals surface area contributed by atoms with E-state index < -0.39 is 33.2 Å². The number of likely N-dealkylation sites (N-methyl/N-ethyl adjacent to an activating group) is 1. The molecule has 5 rings (SSSR count). The lowest BCUT2D eigenvalue weighted by Crippen LogP contribution is -2.46. The van der Waals surface area contributed by atoms with Gasteiger partial charge in [-0.15, -0.1) is 0 Å². The number of alkyl carbamates (subject to hydrolysis) is 1. The minimum atomic E-state index is -3.43. The van der Waals surface area contributed by atoms with E-state index in [0.717, 1.165) is 19.1 Å². The summed E-state index contributed by atoms with van der Waals surface area (Å²) in [4.78, 5) is 32.3. The summed E-state index contributed by atoms with van der Waals surface area (Å²) in [5.74, 6) is 0.275. The summed E-state index contributed by atoms with van der Waals surface area (Å²) in [6, 6.07) is 8.64. The number of amides is 2. The maximum absolute atomic E-state index is 12.4. The van der Waals surface area contributed by atoms with Gasteiger partial charge in [-0.1, -0.05) is 0 Å². The van der Waals surface area contributed by atoms with Crippen molar-refractivity contribution in [3.05, 3.63) is 41.6 Å². The zero-order chi connectivity index (χ0) is 32.0. The number of nitrogens with one attached hydrogen (secondary N) is 2. The molecule has 0 atom stereocenters. The Morgan fingerprint density at radius 2 is 1.95 bits per heavy atom. The number of carbonyl (C=O) groups is 2. The number of carboxylic acid groups (broad SMARTS) is 1. The van der Waals surface area contributed by atoms with E-state index in [9.17, 15) is 28.4 Å². The maximum Gasteiger partial charge on any atom is 0.413 e. The van der Waals surface area contributed by atoms with Crippen LogP contribution in [-0.4, -0.2) is 77.3 Å². The molecule has 2 aromatic heterocycles. The van der Waals surface area contributed by atoms with Crippen molar-refractivity contribution in [1.82, 2.24) is 19.9 Å². The van der Waals surface area contributed by atoms with E-state index in [1.54, 1.807) is 45.0 Å². The van der Waals surface area contributed by atoms with E-state index in [1.165, 1.54) is 15.6 Å². The molecule has 2 aliphatic rings. The number of rotatable bonds is 10. The van der Waals surface area contributed by atoms with Crippen molar-refractivity contribution in [3.8, 4) is 6.07 Å². The first-order valence-electron chi connectivity index (χ1n) is 14.2. The Bertz CT molecular complexity index is 1770. The number of ether oxygens (including phenoxy) is 1. The Kier molecular flexibility index (Phi) is 7.83. The molecule has 0 aliphatic heterocycles. The Balaban J connectivity index is 1.45. The number of aromatic nitrogens is 3. The average Bonchev–Trinajstić information content (AvgIpc) is 3.81. The number of hydrogen-bond acceptors (Lipinski definition) is 10. The number of hydrogen-bond donors (Lipinski definition) is 3. The van der Waals surface area contributed by atoms with Gasteiger partial charge >= 0.3 is 12.2 Å². The molecule has 0 unspecified atom stereocenters. The molecule has 234 valence electrons. The molecule has 0 saturated heterocycles. The van der Waals surface area contributed by atoms with Crippen LogP contribution in [0.2, 0.25) is 0 Å². The van der Waals surface area contributed by atoms with Crippen LogP contribution in [-0.2, 0) is 20.3 Å². The smallest absolute Gasteiger partial charge is 0.413 e. The molecule has 1 aromatic carbocycles. The van der Waals surface area contributed by atoms with Crippen molar-refractivity contribution in [3.63, 3.8) is 0 Å². The molecular formula is C29H36N8O6S. The molecule has 44 heavy (non-hydrogen) atoms. The fourth-order valence-corrected chi connectivity index (χ4v) is 5.95. The lowest BCUT2D eigenvalue weighted by Gasteiger charge is -2.29. The Hall–Kier alpha value is -4.58. The Morgan fingerprint density at radius 3 is 2.52 bits per heavy atom. The topological polar surface area (TPSA) is 182 Å². The van der Waals surface area contributed by atoms with E-state index in [0.29, 0.717) is 36.3 Å². The number of fused-ring (bicyclic) bond motifs is 1. The van der Waals surface area contributed by atoms with Crippen LogP contribution >= 0.6 is 0 Å². The predicted molar refractivity (Wildman–Crippen MR) is 164 cm³/mol. The first kappa shape index (κ1) is 30.9. The SMILES string of the molecule is CN(CC1(NC(=O)OC(C)(C)C)CC1)c1ccc(Nc2cc(N(C(=O)O)C3CC3)n3ncc(C#N)c3n2)cc1CS(C)(=O)=O. The second-order valence-electron chi connectivity index (χ2n) is 12.6. The molecule has 2 heterocycles. The van der Waals surface area contributed by atoms with Crippen molar-refractivity contribution >= 4 is 50.7 Å². The van der Waals surface area contributed by atoms with Crippen LogP contribution in [0.25, 0.3) is 5.65 Å². The van der Waals surface area contributed by atoms with Gasteiger partial charge in [-0.05, 0) is 70.2 Å². The number of nitrogens with zero attached hydrogens (tertiary/aromatic N) is 6. The highest BCUT2D eigenvalue weighted by Crippen LogP contribution is 2.39. The third-order valence-corrected chi connectivity index (χ3v) is 8.11. The summed E-state index contributed by atoms with van der Waals surface area (Å²) < 4.78 is 31.6. The van der Waals surface area contributed by atoms with Crippen LogP contribution < -0.4 is 20.4 Å². The van der Waals surface area contributed by atoms with Crippen LogP contribution in [0.1, 0.15) is 57.6 Å². The summed E-state index contributed by atoms with van der Waals surface area (Å²) in [5.41, 5.74) is 0.989. The number of sulfone groups is 1. The monoisotopic (exact) mass is 624 g/mol. The largest absolute Gasteiger partial charge is 0.465 e. The van der Waals surface area contributed by atoms with Crippen LogP contribution in [0.4, 0.5) is 32.6 Å². The van der Waals surface area contributed by atoms with Crippen LogP contribution in [0.3, 0.4) is 0 Å². The maximum atomic E-state index is 12.4. The summed E-state index contributed by atoms with van der Waals surface area (Å²) in [5, 5.41) is 29.9. The van der Waals surface area contributed by atoms with Crippen molar-refractivity contribution in [2.75, 3.05) is 35.0 Å². The predicted octanol–water partition coefficient (Wildman–Crippen LogP) is 4.03. The van der Waals surface area contributed by atoms with Gasteiger partial charge in [0.1, 0.15) is 28.9 Å². The normalized spacial score (nSPS) is 15.7. The highest BCUT2D eigenvalue weighted by molar-refractivity contribution is 7.89. The molecule has 0 bridgehead atoms. The fourth-order valence-electron chi connectivity index (χ4n) is 5.15. The average molecular weight is 625 g/mol. The van der Waals surface area contributed by atoms with Gasteiger partial charge in [-0.25, -0.2) is 23.0 Å². The van der Waals surface area contributed by atoms with Crippen molar-refractivity contribution in [2.45, 2.75) is 69.4 Å². The first-order valence-corrected chi connectivity index (χ1v) is 16.2. The third kappa shape index (κ3) is 7.13. The van der Waals surface area contributed by atoms with Crippen LogP contribution in [0, 0.1) is 11.3 Å². The lowest BCUT2D eigenvalue weighted by molar-refractivity contribution is 0.0498. The molecule has 3 N–H and O–H groups in total. The van der Waals surface area contributed by atoms with Crippen molar-refractivity contribution in [1.29, 1.82) is 5.26 Å². The van der Waals surface area contributed by atoms with Crippen molar-refractivity contribution in [2.24, 2.45) is 0 Å². The number of nitriles is 1.